The molecule has 1 aliphatic rings. The molecule has 0 radical (unpaired) electrons. The standard InChI is InChI=1S/C13H20N2O2/c1-5-9(4)12-13(17)15(8-11(16)14-12)10(6-2)7-3/h2,9-10,12H,5,7-8H2,1,3-4H3,(H,14,16). The minimum Gasteiger partial charge on any atom is -0.342 e. The van der Waals surface area contributed by atoms with E-state index < -0.39 is 6.04 Å². The van der Waals surface area contributed by atoms with Crippen molar-refractivity contribution in [1.82, 2.24) is 10.2 Å². The van der Waals surface area contributed by atoms with E-state index in [1.807, 2.05) is 20.8 Å². The highest BCUT2D eigenvalue weighted by molar-refractivity contribution is 5.95. The van der Waals surface area contributed by atoms with Gasteiger partial charge >= 0.3 is 0 Å². The van der Waals surface area contributed by atoms with Crippen molar-refractivity contribution in [3.05, 3.63) is 0 Å². The van der Waals surface area contributed by atoms with Crippen LogP contribution in [0.15, 0.2) is 0 Å². The summed E-state index contributed by atoms with van der Waals surface area (Å²) in [5, 5.41) is 2.75. The molecule has 0 bridgehead atoms. The Labute approximate surface area is 103 Å². The summed E-state index contributed by atoms with van der Waals surface area (Å²) in [6.07, 6.45) is 6.91. The summed E-state index contributed by atoms with van der Waals surface area (Å²) in [6.45, 7) is 5.96. The van der Waals surface area contributed by atoms with E-state index in [1.165, 1.54) is 4.90 Å². The number of terminal acetylenes is 1. The molecule has 3 unspecified atom stereocenters. The van der Waals surface area contributed by atoms with Gasteiger partial charge < -0.3 is 10.2 Å². The molecule has 0 aromatic rings. The molecule has 0 spiro atoms. The van der Waals surface area contributed by atoms with Crippen LogP contribution in [0.5, 0.6) is 0 Å². The maximum absolute atomic E-state index is 12.2. The highest BCUT2D eigenvalue weighted by Gasteiger charge is 2.37. The quantitative estimate of drug-likeness (QED) is 0.733. The molecule has 2 amide bonds. The Morgan fingerprint density at radius 3 is 2.59 bits per heavy atom. The van der Waals surface area contributed by atoms with E-state index in [4.69, 9.17) is 6.42 Å². The number of hydrogen-bond donors (Lipinski definition) is 1. The maximum atomic E-state index is 12.2. The first-order chi connectivity index (χ1) is 8.04. The monoisotopic (exact) mass is 236 g/mol. The van der Waals surface area contributed by atoms with Crippen LogP contribution < -0.4 is 5.32 Å². The maximum Gasteiger partial charge on any atom is 0.246 e. The van der Waals surface area contributed by atoms with Crippen LogP contribution >= 0.6 is 0 Å². The summed E-state index contributed by atoms with van der Waals surface area (Å²) in [6, 6.07) is -0.705. The summed E-state index contributed by atoms with van der Waals surface area (Å²) < 4.78 is 0. The Balaban J connectivity index is 2.90. The molecule has 4 nitrogen and oxygen atoms in total. The molecule has 1 saturated heterocycles. The van der Waals surface area contributed by atoms with Gasteiger partial charge in [-0.3, -0.25) is 9.59 Å². The number of piperazine rings is 1. The fraction of sp³-hybridized carbons (Fsp3) is 0.692. The predicted octanol–water partition coefficient (Wildman–Crippen LogP) is 0.771. The molecule has 1 rings (SSSR count). The van der Waals surface area contributed by atoms with Crippen LogP contribution in [0.3, 0.4) is 0 Å². The molecule has 4 heteroatoms. The van der Waals surface area contributed by atoms with Crippen LogP contribution in [0.4, 0.5) is 0 Å². The highest BCUT2D eigenvalue weighted by atomic mass is 16.2. The molecule has 0 aromatic heterocycles. The zero-order valence-corrected chi connectivity index (χ0v) is 10.7. The topological polar surface area (TPSA) is 49.4 Å². The number of hydrogen-bond acceptors (Lipinski definition) is 2. The van der Waals surface area contributed by atoms with Crippen molar-refractivity contribution in [2.75, 3.05) is 6.54 Å². The molecule has 0 aliphatic carbocycles. The van der Waals surface area contributed by atoms with E-state index in [2.05, 4.69) is 11.2 Å². The van der Waals surface area contributed by atoms with Crippen LogP contribution in [-0.2, 0) is 9.59 Å². The minimum atomic E-state index is -0.427. The number of rotatable bonds is 4. The van der Waals surface area contributed by atoms with E-state index in [1.54, 1.807) is 0 Å². The van der Waals surface area contributed by atoms with Gasteiger partial charge in [-0.25, -0.2) is 0 Å². The summed E-state index contributed by atoms with van der Waals surface area (Å²) in [5.74, 6) is 2.53. The second-order valence-electron chi connectivity index (χ2n) is 4.49. The third-order valence-electron chi connectivity index (χ3n) is 3.35. The van der Waals surface area contributed by atoms with Gasteiger partial charge in [0.1, 0.15) is 12.6 Å². The zero-order valence-electron chi connectivity index (χ0n) is 10.7. The molecule has 94 valence electrons. The lowest BCUT2D eigenvalue weighted by atomic mass is 9.95. The fourth-order valence-corrected chi connectivity index (χ4v) is 2.01. The molecule has 3 atom stereocenters. The number of nitrogens with one attached hydrogen (secondary N) is 1. The second kappa shape index (κ2) is 5.72. The van der Waals surface area contributed by atoms with E-state index >= 15 is 0 Å². The van der Waals surface area contributed by atoms with Gasteiger partial charge in [-0.15, -0.1) is 6.42 Å². The molecule has 1 heterocycles. The minimum absolute atomic E-state index is 0.0521. The van der Waals surface area contributed by atoms with Crippen molar-refractivity contribution < 1.29 is 9.59 Å². The van der Waals surface area contributed by atoms with Crippen molar-refractivity contribution in [1.29, 1.82) is 0 Å². The number of amides is 2. The predicted molar refractivity (Wildman–Crippen MR) is 66.0 cm³/mol. The van der Waals surface area contributed by atoms with Crippen LogP contribution in [0.25, 0.3) is 0 Å². The Hall–Kier alpha value is -1.50. The lowest BCUT2D eigenvalue weighted by molar-refractivity contribution is -0.147. The zero-order chi connectivity index (χ0) is 13.0. The largest absolute Gasteiger partial charge is 0.342 e. The molecule has 0 saturated carbocycles. The molecule has 1 N–H and O–H groups in total. The average Bonchev–Trinajstić information content (AvgIpc) is 2.33. The van der Waals surface area contributed by atoms with Gasteiger partial charge in [-0.05, 0) is 12.3 Å². The summed E-state index contributed by atoms with van der Waals surface area (Å²) in [4.78, 5) is 25.4. The van der Waals surface area contributed by atoms with Gasteiger partial charge in [0, 0.05) is 0 Å². The Morgan fingerprint density at radius 1 is 1.47 bits per heavy atom. The fourth-order valence-electron chi connectivity index (χ4n) is 2.01. The first-order valence-corrected chi connectivity index (χ1v) is 6.11. The van der Waals surface area contributed by atoms with Crippen molar-refractivity contribution in [3.8, 4) is 12.3 Å². The molecule has 0 aromatic carbocycles. The summed E-state index contributed by atoms with van der Waals surface area (Å²) in [5.41, 5.74) is 0. The van der Waals surface area contributed by atoms with Crippen molar-refractivity contribution in [2.24, 2.45) is 5.92 Å². The normalized spacial score (nSPS) is 23.9. The van der Waals surface area contributed by atoms with Crippen molar-refractivity contribution in [3.63, 3.8) is 0 Å². The summed E-state index contributed by atoms with van der Waals surface area (Å²) >= 11 is 0. The third-order valence-corrected chi connectivity index (χ3v) is 3.35. The molecular formula is C13H20N2O2. The average molecular weight is 236 g/mol. The first-order valence-electron chi connectivity index (χ1n) is 6.11. The van der Waals surface area contributed by atoms with Crippen molar-refractivity contribution in [2.45, 2.75) is 45.7 Å². The molecule has 1 fully saturated rings. The number of carbonyl (C=O) groups excluding carboxylic acids is 2. The van der Waals surface area contributed by atoms with Gasteiger partial charge in [0.2, 0.25) is 11.8 Å². The first kappa shape index (κ1) is 13.6. The van der Waals surface area contributed by atoms with E-state index in [0.29, 0.717) is 6.42 Å². The summed E-state index contributed by atoms with van der Waals surface area (Å²) in [7, 11) is 0. The lowest BCUT2D eigenvalue weighted by Gasteiger charge is -2.37. The highest BCUT2D eigenvalue weighted by Crippen LogP contribution is 2.17. The SMILES string of the molecule is C#CC(CC)N1CC(=O)NC(C(C)CC)C1=O. The van der Waals surface area contributed by atoms with Crippen LogP contribution in [0.2, 0.25) is 0 Å². The van der Waals surface area contributed by atoms with Crippen LogP contribution in [0.1, 0.15) is 33.6 Å². The Kier molecular flexibility index (Phi) is 4.56. The number of carbonyl (C=O) groups is 2. The van der Waals surface area contributed by atoms with Crippen LogP contribution in [-0.4, -0.2) is 35.3 Å². The van der Waals surface area contributed by atoms with Gasteiger partial charge in [0.25, 0.3) is 0 Å². The van der Waals surface area contributed by atoms with Crippen LogP contribution in [0, 0.1) is 18.3 Å². The van der Waals surface area contributed by atoms with Gasteiger partial charge in [0.05, 0.1) is 6.04 Å². The van der Waals surface area contributed by atoms with E-state index in [9.17, 15) is 9.59 Å². The van der Waals surface area contributed by atoms with Gasteiger partial charge in [-0.1, -0.05) is 33.1 Å². The molecule has 17 heavy (non-hydrogen) atoms. The lowest BCUT2D eigenvalue weighted by Crippen LogP contribution is -2.62. The van der Waals surface area contributed by atoms with Crippen molar-refractivity contribution >= 4 is 11.8 Å². The van der Waals surface area contributed by atoms with E-state index in [-0.39, 0.29) is 30.3 Å². The number of nitrogens with zero attached hydrogens (tertiary/aromatic N) is 1. The second-order valence-corrected chi connectivity index (χ2v) is 4.49. The smallest absolute Gasteiger partial charge is 0.246 e. The Bertz CT molecular complexity index is 346. The molecular weight excluding hydrogens is 216 g/mol. The van der Waals surface area contributed by atoms with Gasteiger partial charge in [0.15, 0.2) is 0 Å². The Morgan fingerprint density at radius 2 is 2.12 bits per heavy atom. The van der Waals surface area contributed by atoms with E-state index in [0.717, 1.165) is 6.42 Å². The molecule has 1 aliphatic heterocycles. The van der Waals surface area contributed by atoms with Gasteiger partial charge in [-0.2, -0.15) is 0 Å². The third kappa shape index (κ3) is 2.79.